The molecular formula is C23H24N4O2S. The predicted octanol–water partition coefficient (Wildman–Crippen LogP) is 5.32. The second-order valence-electron chi connectivity index (χ2n) is 7.85. The number of benzene rings is 1. The highest BCUT2D eigenvalue weighted by atomic mass is 32.1. The van der Waals surface area contributed by atoms with Gasteiger partial charge in [-0.15, -0.1) is 11.3 Å². The molecule has 0 aliphatic rings. The van der Waals surface area contributed by atoms with Crippen molar-refractivity contribution >= 4 is 28.6 Å². The monoisotopic (exact) mass is 420 g/mol. The van der Waals surface area contributed by atoms with Gasteiger partial charge in [0.25, 0.3) is 0 Å². The summed E-state index contributed by atoms with van der Waals surface area (Å²) >= 11 is 1.44. The lowest BCUT2D eigenvalue weighted by atomic mass is 9.97. The van der Waals surface area contributed by atoms with E-state index in [1.165, 1.54) is 11.3 Å². The van der Waals surface area contributed by atoms with Crippen LogP contribution in [0.1, 0.15) is 44.8 Å². The Morgan fingerprint density at radius 3 is 2.57 bits per heavy atom. The van der Waals surface area contributed by atoms with E-state index in [9.17, 15) is 10.1 Å². The first-order valence-corrected chi connectivity index (χ1v) is 10.5. The van der Waals surface area contributed by atoms with Gasteiger partial charge in [-0.05, 0) is 40.7 Å². The van der Waals surface area contributed by atoms with Crippen molar-refractivity contribution in [2.24, 2.45) is 5.41 Å². The number of aryl methyl sites for hydroxylation is 2. The lowest BCUT2D eigenvalue weighted by molar-refractivity contribution is -0.145. The van der Waals surface area contributed by atoms with Gasteiger partial charge in [0.1, 0.15) is 22.3 Å². The van der Waals surface area contributed by atoms with Crippen LogP contribution in [0, 0.1) is 23.7 Å². The van der Waals surface area contributed by atoms with Crippen LogP contribution in [0.2, 0.25) is 0 Å². The average molecular weight is 421 g/mol. The van der Waals surface area contributed by atoms with Crippen LogP contribution in [-0.2, 0) is 16.1 Å². The molecule has 0 bridgehead atoms. The summed E-state index contributed by atoms with van der Waals surface area (Å²) in [6.45, 7) is 9.71. The van der Waals surface area contributed by atoms with E-state index in [1.807, 2.05) is 55.6 Å². The van der Waals surface area contributed by atoms with Gasteiger partial charge in [-0.2, -0.15) is 10.4 Å². The molecule has 0 radical (unpaired) electrons. The summed E-state index contributed by atoms with van der Waals surface area (Å²) in [5.41, 5.74) is 2.28. The van der Waals surface area contributed by atoms with Crippen LogP contribution in [-0.4, -0.2) is 20.7 Å². The Morgan fingerprint density at radius 2 is 1.97 bits per heavy atom. The zero-order valence-corrected chi connectivity index (χ0v) is 18.6. The van der Waals surface area contributed by atoms with Gasteiger partial charge in [0.05, 0.1) is 16.8 Å². The van der Waals surface area contributed by atoms with E-state index >= 15 is 0 Å². The largest absolute Gasteiger partial charge is 0.422 e. The summed E-state index contributed by atoms with van der Waals surface area (Å²) in [4.78, 5) is 17.4. The second kappa shape index (κ2) is 8.64. The Hall–Kier alpha value is -3.24. The highest BCUT2D eigenvalue weighted by Crippen LogP contribution is 2.33. The summed E-state index contributed by atoms with van der Waals surface area (Å²) in [6, 6.07) is 13.8. The Kier molecular flexibility index (Phi) is 6.18. The van der Waals surface area contributed by atoms with Gasteiger partial charge >= 0.3 is 5.97 Å². The molecule has 3 rings (SSSR count). The first kappa shape index (κ1) is 21.5. The van der Waals surface area contributed by atoms with Crippen molar-refractivity contribution in [1.29, 1.82) is 5.26 Å². The van der Waals surface area contributed by atoms with E-state index < -0.39 is 11.4 Å². The number of carbonyl (C=O) groups is 1. The molecule has 2 aromatic heterocycles. The number of aromatic nitrogens is 3. The molecule has 1 aromatic carbocycles. The molecule has 30 heavy (non-hydrogen) atoms. The molecule has 2 heterocycles. The molecule has 0 spiro atoms. The Bertz CT molecular complexity index is 1130. The summed E-state index contributed by atoms with van der Waals surface area (Å²) in [7, 11) is 0. The van der Waals surface area contributed by atoms with Crippen molar-refractivity contribution in [2.45, 2.75) is 41.2 Å². The number of ether oxygens (including phenoxy) is 1. The van der Waals surface area contributed by atoms with E-state index in [0.29, 0.717) is 17.9 Å². The molecule has 6 nitrogen and oxygen atoms in total. The van der Waals surface area contributed by atoms with Gasteiger partial charge in [0.2, 0.25) is 0 Å². The van der Waals surface area contributed by atoms with Crippen LogP contribution >= 0.6 is 11.3 Å². The molecular weight excluding hydrogens is 396 g/mol. The summed E-state index contributed by atoms with van der Waals surface area (Å²) < 4.78 is 7.53. The van der Waals surface area contributed by atoms with Gasteiger partial charge in [-0.3, -0.25) is 9.48 Å². The maximum absolute atomic E-state index is 12.7. The fourth-order valence-electron chi connectivity index (χ4n) is 2.77. The maximum atomic E-state index is 12.7. The molecule has 154 valence electrons. The SMILES string of the molecule is CCn1nc(C)cc1C(OC(=O)C(C)(C)C)=C(C#N)c1csc(-c2ccccc2)n1. The number of nitrogens with zero attached hydrogens (tertiary/aromatic N) is 4. The molecule has 0 saturated heterocycles. The summed E-state index contributed by atoms with van der Waals surface area (Å²) in [5.74, 6) is -0.241. The van der Waals surface area contributed by atoms with Crippen LogP contribution < -0.4 is 0 Å². The van der Waals surface area contributed by atoms with Crippen molar-refractivity contribution in [3.63, 3.8) is 0 Å². The zero-order valence-electron chi connectivity index (χ0n) is 17.8. The van der Waals surface area contributed by atoms with Crippen LogP contribution in [0.5, 0.6) is 0 Å². The first-order chi connectivity index (χ1) is 14.2. The van der Waals surface area contributed by atoms with Crippen LogP contribution in [0.4, 0.5) is 0 Å². The minimum Gasteiger partial charge on any atom is -0.422 e. The maximum Gasteiger partial charge on any atom is 0.316 e. The predicted molar refractivity (Wildman–Crippen MR) is 118 cm³/mol. The van der Waals surface area contributed by atoms with Crippen molar-refractivity contribution in [3.8, 4) is 16.6 Å². The molecule has 0 aliphatic carbocycles. The molecule has 0 fully saturated rings. The number of carbonyl (C=O) groups excluding carboxylic acids is 1. The van der Waals surface area contributed by atoms with Crippen molar-refractivity contribution in [1.82, 2.24) is 14.8 Å². The number of esters is 1. The standard InChI is InChI=1S/C23H24N4O2S/c1-6-27-19(12-15(2)26-27)20(29-22(28)23(3,4)5)17(13-24)18-14-30-21(25-18)16-10-8-7-9-11-16/h7-12,14H,6H2,1-5H3. The highest BCUT2D eigenvalue weighted by Gasteiger charge is 2.29. The first-order valence-electron chi connectivity index (χ1n) is 9.67. The van der Waals surface area contributed by atoms with Crippen LogP contribution in [0.25, 0.3) is 21.9 Å². The van der Waals surface area contributed by atoms with Gasteiger partial charge < -0.3 is 4.74 Å². The Morgan fingerprint density at radius 1 is 1.27 bits per heavy atom. The van der Waals surface area contributed by atoms with E-state index in [-0.39, 0.29) is 11.3 Å². The minimum absolute atomic E-state index is 0.185. The molecule has 0 saturated carbocycles. The fourth-order valence-corrected chi connectivity index (χ4v) is 3.59. The molecule has 0 N–H and O–H groups in total. The van der Waals surface area contributed by atoms with Crippen molar-refractivity contribution in [2.75, 3.05) is 0 Å². The third-order valence-corrected chi connectivity index (χ3v) is 5.25. The molecule has 7 heteroatoms. The summed E-state index contributed by atoms with van der Waals surface area (Å²) in [6.07, 6.45) is 0. The number of rotatable bonds is 5. The average Bonchev–Trinajstić information content (AvgIpc) is 3.34. The third kappa shape index (κ3) is 4.50. The number of allylic oxidation sites excluding steroid dienone is 1. The van der Waals surface area contributed by atoms with E-state index in [2.05, 4.69) is 16.2 Å². The number of thiazole rings is 1. The van der Waals surface area contributed by atoms with E-state index in [4.69, 9.17) is 4.74 Å². The quantitative estimate of drug-likeness (QED) is 0.317. The topological polar surface area (TPSA) is 80.8 Å². The summed E-state index contributed by atoms with van der Waals surface area (Å²) in [5, 5.41) is 17.1. The molecule has 0 amide bonds. The van der Waals surface area contributed by atoms with Gasteiger partial charge in [0.15, 0.2) is 5.76 Å². The van der Waals surface area contributed by atoms with E-state index in [0.717, 1.165) is 16.3 Å². The smallest absolute Gasteiger partial charge is 0.316 e. The number of nitriles is 1. The van der Waals surface area contributed by atoms with Crippen LogP contribution in [0.15, 0.2) is 41.8 Å². The van der Waals surface area contributed by atoms with E-state index in [1.54, 1.807) is 25.5 Å². The van der Waals surface area contributed by atoms with Gasteiger partial charge in [0, 0.05) is 17.5 Å². The molecule has 0 atom stereocenters. The normalized spacial score (nSPS) is 12.3. The van der Waals surface area contributed by atoms with Crippen molar-refractivity contribution < 1.29 is 9.53 Å². The van der Waals surface area contributed by atoms with Crippen LogP contribution in [0.3, 0.4) is 0 Å². The number of hydrogen-bond acceptors (Lipinski definition) is 6. The molecule has 0 unspecified atom stereocenters. The van der Waals surface area contributed by atoms with Gasteiger partial charge in [-0.1, -0.05) is 30.3 Å². The molecule has 3 aromatic rings. The minimum atomic E-state index is -0.727. The fraction of sp³-hybridized carbons (Fsp3) is 0.304. The Balaban J connectivity index is 2.17. The molecule has 0 aliphatic heterocycles. The number of hydrogen-bond donors (Lipinski definition) is 0. The van der Waals surface area contributed by atoms with Gasteiger partial charge in [-0.25, -0.2) is 4.98 Å². The second-order valence-corrected chi connectivity index (χ2v) is 8.70. The zero-order chi connectivity index (χ0) is 21.9. The lowest BCUT2D eigenvalue weighted by Crippen LogP contribution is -2.23. The van der Waals surface area contributed by atoms with Crippen molar-refractivity contribution in [3.05, 3.63) is 58.9 Å². The highest BCUT2D eigenvalue weighted by molar-refractivity contribution is 7.13. The lowest BCUT2D eigenvalue weighted by Gasteiger charge is -2.19. The third-order valence-electron chi connectivity index (χ3n) is 4.36. The Labute approximate surface area is 180 Å².